The average molecular weight is 405 g/mol. The zero-order valence-electron chi connectivity index (χ0n) is 19.0. The van der Waals surface area contributed by atoms with Crippen molar-refractivity contribution in [1.82, 2.24) is 15.5 Å². The van der Waals surface area contributed by atoms with Crippen molar-refractivity contribution in [1.29, 1.82) is 0 Å². The third kappa shape index (κ3) is 7.86. The molecule has 0 radical (unpaired) electrons. The van der Waals surface area contributed by atoms with Gasteiger partial charge in [-0.1, -0.05) is 26.0 Å². The Kier molecular flexibility index (Phi) is 9.74. The number of hydrogen-bond acceptors (Lipinski definition) is 4. The molecule has 0 atom stereocenters. The summed E-state index contributed by atoms with van der Waals surface area (Å²) < 4.78 is 10.5. The fourth-order valence-corrected chi connectivity index (χ4v) is 3.66. The number of nitrogens with zero attached hydrogens (tertiary/aromatic N) is 2. The molecule has 1 aromatic carbocycles. The van der Waals surface area contributed by atoms with Gasteiger partial charge in [-0.3, -0.25) is 4.99 Å². The van der Waals surface area contributed by atoms with Gasteiger partial charge >= 0.3 is 0 Å². The van der Waals surface area contributed by atoms with Crippen LogP contribution in [0.3, 0.4) is 0 Å². The molecule has 2 rings (SSSR count). The van der Waals surface area contributed by atoms with E-state index in [-0.39, 0.29) is 5.41 Å². The molecule has 1 aromatic rings. The minimum absolute atomic E-state index is 0.0679. The molecule has 1 heterocycles. The summed E-state index contributed by atoms with van der Waals surface area (Å²) in [6.07, 6.45) is 3.41. The number of guanidine groups is 1. The van der Waals surface area contributed by atoms with Crippen molar-refractivity contribution in [2.75, 3.05) is 53.6 Å². The van der Waals surface area contributed by atoms with Gasteiger partial charge in [0.15, 0.2) is 5.96 Å². The van der Waals surface area contributed by atoms with Gasteiger partial charge in [-0.2, -0.15) is 0 Å². The fourth-order valence-electron chi connectivity index (χ4n) is 3.66. The van der Waals surface area contributed by atoms with E-state index < -0.39 is 0 Å². The first-order valence-corrected chi connectivity index (χ1v) is 10.9. The highest BCUT2D eigenvalue weighted by Gasteiger charge is 2.23. The highest BCUT2D eigenvalue weighted by Crippen LogP contribution is 2.26. The molecule has 1 aliphatic heterocycles. The molecule has 6 nitrogen and oxygen atoms in total. The van der Waals surface area contributed by atoms with E-state index in [4.69, 9.17) is 14.5 Å². The molecule has 0 amide bonds. The van der Waals surface area contributed by atoms with E-state index >= 15 is 0 Å². The number of likely N-dealkylation sites (tertiary alicyclic amines) is 1. The van der Waals surface area contributed by atoms with E-state index in [0.717, 1.165) is 63.8 Å². The molecule has 0 unspecified atom stereocenters. The molecule has 164 valence electrons. The van der Waals surface area contributed by atoms with Crippen LogP contribution in [0.1, 0.15) is 45.6 Å². The lowest BCUT2D eigenvalue weighted by Crippen LogP contribution is -2.49. The monoisotopic (exact) mass is 404 g/mol. The van der Waals surface area contributed by atoms with Crippen LogP contribution in [0.4, 0.5) is 0 Å². The van der Waals surface area contributed by atoms with Gasteiger partial charge in [0.1, 0.15) is 5.75 Å². The Morgan fingerprint density at radius 1 is 1.24 bits per heavy atom. The summed E-state index contributed by atoms with van der Waals surface area (Å²) in [6, 6.07) is 8.76. The Balaban J connectivity index is 1.90. The molecule has 1 saturated heterocycles. The average Bonchev–Trinajstić information content (AvgIpc) is 2.74. The lowest BCUT2D eigenvalue weighted by atomic mass is 9.84. The SMILES string of the molecule is CCNC(=NCC(C)(C)c1cccc(OC)c1)NC1CCN(CCCOC)CC1. The molecular weight excluding hydrogens is 364 g/mol. The summed E-state index contributed by atoms with van der Waals surface area (Å²) in [4.78, 5) is 7.45. The quantitative estimate of drug-likeness (QED) is 0.357. The zero-order chi connectivity index (χ0) is 21.1. The fraction of sp³-hybridized carbons (Fsp3) is 0.696. The number of methoxy groups -OCH3 is 2. The van der Waals surface area contributed by atoms with Crippen LogP contribution in [-0.2, 0) is 10.2 Å². The van der Waals surface area contributed by atoms with Crippen molar-refractivity contribution >= 4 is 5.96 Å². The van der Waals surface area contributed by atoms with E-state index in [1.54, 1.807) is 14.2 Å². The largest absolute Gasteiger partial charge is 0.497 e. The van der Waals surface area contributed by atoms with E-state index in [1.807, 2.05) is 12.1 Å². The molecule has 29 heavy (non-hydrogen) atoms. The summed E-state index contributed by atoms with van der Waals surface area (Å²) in [6.45, 7) is 12.4. The van der Waals surface area contributed by atoms with Crippen molar-refractivity contribution in [3.05, 3.63) is 29.8 Å². The number of rotatable bonds is 10. The standard InChI is InChI=1S/C23H40N4O2/c1-6-24-22(26-20-11-14-27(15-12-20)13-8-16-28-4)25-18-23(2,3)19-9-7-10-21(17-19)29-5/h7,9-10,17,20H,6,8,11-16,18H2,1-5H3,(H2,24,25,26). The smallest absolute Gasteiger partial charge is 0.191 e. The van der Waals surface area contributed by atoms with Crippen LogP contribution < -0.4 is 15.4 Å². The van der Waals surface area contributed by atoms with Crippen molar-refractivity contribution < 1.29 is 9.47 Å². The van der Waals surface area contributed by atoms with Gasteiger partial charge in [-0.05, 0) is 43.9 Å². The van der Waals surface area contributed by atoms with Crippen molar-refractivity contribution in [2.24, 2.45) is 4.99 Å². The second-order valence-electron chi connectivity index (χ2n) is 8.42. The zero-order valence-corrected chi connectivity index (χ0v) is 19.0. The van der Waals surface area contributed by atoms with E-state index in [1.165, 1.54) is 5.56 Å². The van der Waals surface area contributed by atoms with Gasteiger partial charge < -0.3 is 25.0 Å². The highest BCUT2D eigenvalue weighted by molar-refractivity contribution is 5.80. The van der Waals surface area contributed by atoms with Crippen LogP contribution in [0.5, 0.6) is 5.75 Å². The topological polar surface area (TPSA) is 58.1 Å². The summed E-state index contributed by atoms with van der Waals surface area (Å²) in [5.41, 5.74) is 1.17. The highest BCUT2D eigenvalue weighted by atomic mass is 16.5. The van der Waals surface area contributed by atoms with E-state index in [9.17, 15) is 0 Å². The van der Waals surface area contributed by atoms with Gasteiger partial charge in [-0.15, -0.1) is 0 Å². The van der Waals surface area contributed by atoms with Crippen LogP contribution in [0.25, 0.3) is 0 Å². The predicted octanol–water partition coefficient (Wildman–Crippen LogP) is 3.03. The molecule has 0 spiro atoms. The van der Waals surface area contributed by atoms with Crippen LogP contribution in [0, 0.1) is 0 Å². The third-order valence-electron chi connectivity index (χ3n) is 5.58. The lowest BCUT2D eigenvalue weighted by Gasteiger charge is -2.33. The first-order valence-electron chi connectivity index (χ1n) is 10.9. The molecule has 2 N–H and O–H groups in total. The molecular formula is C23H40N4O2. The maximum atomic E-state index is 5.38. The Bertz CT molecular complexity index is 625. The van der Waals surface area contributed by atoms with Gasteiger partial charge in [0.05, 0.1) is 13.7 Å². The van der Waals surface area contributed by atoms with Crippen molar-refractivity contribution in [2.45, 2.75) is 51.5 Å². The van der Waals surface area contributed by atoms with Gasteiger partial charge in [0, 0.05) is 51.4 Å². The molecule has 0 aromatic heterocycles. The number of piperidine rings is 1. The lowest BCUT2D eigenvalue weighted by molar-refractivity contribution is 0.155. The van der Waals surface area contributed by atoms with Crippen LogP contribution in [0.2, 0.25) is 0 Å². The number of hydrogen-bond donors (Lipinski definition) is 2. The normalized spacial score (nSPS) is 16.7. The maximum Gasteiger partial charge on any atom is 0.191 e. The second-order valence-corrected chi connectivity index (χ2v) is 8.42. The van der Waals surface area contributed by atoms with Crippen LogP contribution in [-0.4, -0.2) is 70.5 Å². The first kappa shape index (κ1) is 23.5. The minimum atomic E-state index is -0.0679. The summed E-state index contributed by atoms with van der Waals surface area (Å²) >= 11 is 0. The number of nitrogens with one attached hydrogen (secondary N) is 2. The van der Waals surface area contributed by atoms with Gasteiger partial charge in [-0.25, -0.2) is 0 Å². The van der Waals surface area contributed by atoms with Crippen LogP contribution in [0.15, 0.2) is 29.3 Å². The maximum absolute atomic E-state index is 5.38. The number of aliphatic imine (C=N–C) groups is 1. The van der Waals surface area contributed by atoms with Gasteiger partial charge in [0.25, 0.3) is 0 Å². The number of ether oxygens (including phenoxy) is 2. The third-order valence-corrected chi connectivity index (χ3v) is 5.58. The Morgan fingerprint density at radius 2 is 2.00 bits per heavy atom. The van der Waals surface area contributed by atoms with E-state index in [2.05, 4.69) is 48.4 Å². The van der Waals surface area contributed by atoms with Crippen molar-refractivity contribution in [3.63, 3.8) is 0 Å². The first-order chi connectivity index (χ1) is 14.0. The van der Waals surface area contributed by atoms with Gasteiger partial charge in [0.2, 0.25) is 0 Å². The number of benzene rings is 1. The minimum Gasteiger partial charge on any atom is -0.497 e. The predicted molar refractivity (Wildman–Crippen MR) is 121 cm³/mol. The Labute approximate surface area is 177 Å². The summed E-state index contributed by atoms with van der Waals surface area (Å²) in [5.74, 6) is 1.81. The van der Waals surface area contributed by atoms with Crippen molar-refractivity contribution in [3.8, 4) is 5.75 Å². The summed E-state index contributed by atoms with van der Waals surface area (Å²) in [5, 5.41) is 7.07. The molecule has 6 heteroatoms. The molecule has 0 aliphatic carbocycles. The molecule has 0 saturated carbocycles. The van der Waals surface area contributed by atoms with E-state index in [0.29, 0.717) is 12.6 Å². The molecule has 1 aliphatic rings. The summed E-state index contributed by atoms with van der Waals surface area (Å²) in [7, 11) is 3.48. The Hall–Kier alpha value is -1.79. The molecule has 1 fully saturated rings. The second kappa shape index (κ2) is 12.0. The van der Waals surface area contributed by atoms with Crippen LogP contribution >= 0.6 is 0 Å². The molecule has 0 bridgehead atoms. The Morgan fingerprint density at radius 3 is 2.66 bits per heavy atom.